The lowest BCUT2D eigenvalue weighted by Gasteiger charge is -2.17. The van der Waals surface area contributed by atoms with Crippen LogP contribution in [0.3, 0.4) is 0 Å². The molecule has 1 unspecified atom stereocenters. The molecule has 2 aromatic carbocycles. The Hall–Kier alpha value is -1.64. The van der Waals surface area contributed by atoms with Crippen molar-refractivity contribution in [2.45, 2.75) is 40.0 Å². The van der Waals surface area contributed by atoms with Gasteiger partial charge < -0.3 is 10.1 Å². The Morgan fingerprint density at radius 3 is 2.24 bits per heavy atom. The predicted octanol–water partition coefficient (Wildman–Crippen LogP) is 4.30. The average molecular weight is 283 g/mol. The second-order valence-electron chi connectivity index (χ2n) is 5.73. The van der Waals surface area contributed by atoms with Gasteiger partial charge >= 0.3 is 0 Å². The van der Waals surface area contributed by atoms with Gasteiger partial charge in [-0.2, -0.15) is 0 Å². The van der Waals surface area contributed by atoms with E-state index in [0.717, 1.165) is 6.54 Å². The predicted molar refractivity (Wildman–Crippen MR) is 88.3 cm³/mol. The summed E-state index contributed by atoms with van der Waals surface area (Å²) in [5, 5.41) is 3.61. The van der Waals surface area contributed by atoms with E-state index >= 15 is 0 Å². The Morgan fingerprint density at radius 2 is 1.62 bits per heavy atom. The van der Waals surface area contributed by atoms with Crippen molar-refractivity contribution in [1.82, 2.24) is 5.32 Å². The summed E-state index contributed by atoms with van der Waals surface area (Å²) >= 11 is 0. The zero-order valence-corrected chi connectivity index (χ0v) is 13.4. The van der Waals surface area contributed by atoms with Crippen LogP contribution >= 0.6 is 0 Å². The summed E-state index contributed by atoms with van der Waals surface area (Å²) in [6.07, 6.45) is 0. The van der Waals surface area contributed by atoms with Crippen LogP contribution in [0.4, 0.5) is 0 Å². The molecule has 1 N–H and O–H groups in total. The first-order valence-electron chi connectivity index (χ1n) is 7.47. The van der Waals surface area contributed by atoms with Crippen LogP contribution in [-0.2, 0) is 17.9 Å². The topological polar surface area (TPSA) is 21.3 Å². The summed E-state index contributed by atoms with van der Waals surface area (Å²) in [6, 6.07) is 15.5. The lowest BCUT2D eigenvalue weighted by molar-refractivity contribution is 0.184. The van der Waals surface area contributed by atoms with E-state index in [1.54, 1.807) is 7.11 Å². The zero-order chi connectivity index (χ0) is 15.2. The quantitative estimate of drug-likeness (QED) is 0.853. The summed E-state index contributed by atoms with van der Waals surface area (Å²) in [6.45, 7) is 8.03. The van der Waals surface area contributed by atoms with Crippen LogP contribution in [0.15, 0.2) is 42.5 Å². The second-order valence-corrected chi connectivity index (χ2v) is 5.73. The molecule has 0 aromatic heterocycles. The highest BCUT2D eigenvalue weighted by Gasteiger charge is 2.08. The van der Waals surface area contributed by atoms with Gasteiger partial charge in [-0.3, -0.25) is 0 Å². The standard InChI is InChI=1S/C19H25NO/c1-14-9-15(2)11-19(10-14)16(3)20-12-17-7-5-6-8-18(17)13-21-4/h5-11,16,20H,12-13H2,1-4H3. The highest BCUT2D eigenvalue weighted by molar-refractivity contribution is 5.31. The number of aryl methyl sites for hydroxylation is 2. The van der Waals surface area contributed by atoms with Crippen molar-refractivity contribution in [2.75, 3.05) is 7.11 Å². The molecule has 0 saturated heterocycles. The minimum Gasteiger partial charge on any atom is -0.380 e. The molecule has 2 aromatic rings. The SMILES string of the molecule is COCc1ccccc1CNC(C)c1cc(C)cc(C)c1. The molecule has 0 aliphatic heterocycles. The van der Waals surface area contributed by atoms with Crippen molar-refractivity contribution in [1.29, 1.82) is 0 Å². The normalized spacial score (nSPS) is 12.4. The number of methoxy groups -OCH3 is 1. The monoisotopic (exact) mass is 283 g/mol. The Kier molecular flexibility index (Phi) is 5.54. The van der Waals surface area contributed by atoms with Crippen molar-refractivity contribution in [3.8, 4) is 0 Å². The summed E-state index contributed by atoms with van der Waals surface area (Å²) in [5.74, 6) is 0. The molecular weight excluding hydrogens is 258 g/mol. The van der Waals surface area contributed by atoms with Gasteiger partial charge in [0.15, 0.2) is 0 Å². The fourth-order valence-electron chi connectivity index (χ4n) is 2.67. The maximum absolute atomic E-state index is 5.26. The summed E-state index contributed by atoms with van der Waals surface area (Å²) in [5.41, 5.74) is 6.53. The van der Waals surface area contributed by atoms with Crippen LogP contribution in [0.5, 0.6) is 0 Å². The third-order valence-corrected chi connectivity index (χ3v) is 3.76. The Morgan fingerprint density at radius 1 is 1.00 bits per heavy atom. The summed E-state index contributed by atoms with van der Waals surface area (Å²) in [7, 11) is 1.74. The molecule has 0 spiro atoms. The molecule has 0 radical (unpaired) electrons. The molecule has 0 bridgehead atoms. The molecule has 0 amide bonds. The lowest BCUT2D eigenvalue weighted by Crippen LogP contribution is -2.19. The highest BCUT2D eigenvalue weighted by atomic mass is 16.5. The van der Waals surface area contributed by atoms with Gasteiger partial charge in [0, 0.05) is 19.7 Å². The first-order chi connectivity index (χ1) is 10.1. The van der Waals surface area contributed by atoms with E-state index in [1.807, 2.05) is 0 Å². The molecule has 112 valence electrons. The molecule has 0 saturated carbocycles. The van der Waals surface area contributed by atoms with E-state index in [2.05, 4.69) is 68.6 Å². The van der Waals surface area contributed by atoms with E-state index < -0.39 is 0 Å². The van der Waals surface area contributed by atoms with E-state index in [4.69, 9.17) is 4.74 Å². The number of benzene rings is 2. The minimum atomic E-state index is 0.333. The Labute approximate surface area is 128 Å². The Bertz CT molecular complexity index is 572. The largest absolute Gasteiger partial charge is 0.380 e. The summed E-state index contributed by atoms with van der Waals surface area (Å²) < 4.78 is 5.26. The molecule has 0 aliphatic rings. The number of rotatable bonds is 6. The third-order valence-electron chi connectivity index (χ3n) is 3.76. The maximum atomic E-state index is 5.26. The molecule has 0 heterocycles. The molecule has 21 heavy (non-hydrogen) atoms. The van der Waals surface area contributed by atoms with Crippen molar-refractivity contribution in [3.05, 3.63) is 70.3 Å². The van der Waals surface area contributed by atoms with Crippen LogP contribution in [0, 0.1) is 13.8 Å². The van der Waals surface area contributed by atoms with Crippen LogP contribution in [0.25, 0.3) is 0 Å². The number of ether oxygens (including phenoxy) is 1. The molecule has 2 heteroatoms. The number of hydrogen-bond donors (Lipinski definition) is 1. The van der Waals surface area contributed by atoms with Crippen LogP contribution < -0.4 is 5.32 Å². The average Bonchev–Trinajstić information content (AvgIpc) is 2.45. The van der Waals surface area contributed by atoms with Crippen LogP contribution in [-0.4, -0.2) is 7.11 Å². The van der Waals surface area contributed by atoms with E-state index in [0.29, 0.717) is 12.6 Å². The van der Waals surface area contributed by atoms with Crippen molar-refractivity contribution < 1.29 is 4.74 Å². The van der Waals surface area contributed by atoms with Gasteiger partial charge in [0.2, 0.25) is 0 Å². The van der Waals surface area contributed by atoms with Crippen molar-refractivity contribution in [2.24, 2.45) is 0 Å². The van der Waals surface area contributed by atoms with Gasteiger partial charge in [0.25, 0.3) is 0 Å². The third kappa shape index (κ3) is 4.42. The first-order valence-corrected chi connectivity index (χ1v) is 7.47. The van der Waals surface area contributed by atoms with Gasteiger partial charge in [0.05, 0.1) is 6.61 Å². The van der Waals surface area contributed by atoms with E-state index in [-0.39, 0.29) is 0 Å². The molecule has 0 aliphatic carbocycles. The fraction of sp³-hybridized carbons (Fsp3) is 0.368. The van der Waals surface area contributed by atoms with Gasteiger partial charge in [-0.1, -0.05) is 53.6 Å². The second kappa shape index (κ2) is 7.39. The number of hydrogen-bond acceptors (Lipinski definition) is 2. The number of nitrogens with one attached hydrogen (secondary N) is 1. The maximum Gasteiger partial charge on any atom is 0.0716 e. The fourth-order valence-corrected chi connectivity index (χ4v) is 2.67. The van der Waals surface area contributed by atoms with Crippen molar-refractivity contribution >= 4 is 0 Å². The Balaban J connectivity index is 2.05. The molecule has 2 nitrogen and oxygen atoms in total. The van der Waals surface area contributed by atoms with Gasteiger partial charge in [-0.25, -0.2) is 0 Å². The molecule has 1 atom stereocenters. The van der Waals surface area contributed by atoms with Crippen LogP contribution in [0.2, 0.25) is 0 Å². The zero-order valence-electron chi connectivity index (χ0n) is 13.4. The lowest BCUT2D eigenvalue weighted by atomic mass is 10.0. The van der Waals surface area contributed by atoms with E-state index in [9.17, 15) is 0 Å². The minimum absolute atomic E-state index is 0.333. The molecular formula is C19H25NO. The molecule has 2 rings (SSSR count). The van der Waals surface area contributed by atoms with Gasteiger partial charge in [-0.05, 0) is 37.5 Å². The first kappa shape index (κ1) is 15.7. The smallest absolute Gasteiger partial charge is 0.0716 e. The molecule has 0 fully saturated rings. The highest BCUT2D eigenvalue weighted by Crippen LogP contribution is 2.18. The summed E-state index contributed by atoms with van der Waals surface area (Å²) in [4.78, 5) is 0. The van der Waals surface area contributed by atoms with Crippen molar-refractivity contribution in [3.63, 3.8) is 0 Å². The van der Waals surface area contributed by atoms with Gasteiger partial charge in [-0.15, -0.1) is 0 Å². The van der Waals surface area contributed by atoms with Crippen LogP contribution in [0.1, 0.15) is 40.8 Å². The van der Waals surface area contributed by atoms with E-state index in [1.165, 1.54) is 27.8 Å². The van der Waals surface area contributed by atoms with Gasteiger partial charge in [0.1, 0.15) is 0 Å².